The lowest BCUT2D eigenvalue weighted by Gasteiger charge is -2.50. The normalized spacial score (nSPS) is 38.2. The van der Waals surface area contributed by atoms with Crippen LogP contribution in [-0.4, -0.2) is 50.5 Å². The molecule has 0 bridgehead atoms. The summed E-state index contributed by atoms with van der Waals surface area (Å²) in [5, 5.41) is 33.8. The number of esters is 1. The Morgan fingerprint density at radius 1 is 1.03 bits per heavy atom. The van der Waals surface area contributed by atoms with Crippen LogP contribution in [0.15, 0.2) is 23.3 Å². The molecule has 3 N–H and O–H groups in total. The second-order valence-electron chi connectivity index (χ2n) is 12.0. The molecule has 4 aliphatic rings. The number of ketones is 1. The maximum Gasteiger partial charge on any atom is 0.311 e. The van der Waals surface area contributed by atoms with Gasteiger partial charge in [0.05, 0.1) is 18.6 Å². The molecule has 7 atom stereocenters. The summed E-state index contributed by atoms with van der Waals surface area (Å²) in [4.78, 5) is 25.9. The van der Waals surface area contributed by atoms with Gasteiger partial charge >= 0.3 is 5.97 Å². The van der Waals surface area contributed by atoms with Gasteiger partial charge in [-0.15, -0.1) is 0 Å². The standard InChI is InChI=1S/C28H29F5O6/c1-11-5-16-26(37,24(11)36)9-13(10-34)6-15-23-25(3,4)27(23,8-12(2)28(15,16)38)39-17(35)7-14-18(29)20(31)22(33)21(32)19(14)30/h5-6,12,15-16,23,34,37-38H,7-10H2,1-4H3/t12-,15+,16-,23-,26-,27+,28-/m1/s1. The summed E-state index contributed by atoms with van der Waals surface area (Å²) in [5.41, 5.74) is -6.49. The van der Waals surface area contributed by atoms with Crippen LogP contribution in [0.25, 0.3) is 0 Å². The average Bonchev–Trinajstić information content (AvgIpc) is 3.28. The molecule has 0 aromatic heterocycles. The lowest BCUT2D eigenvalue weighted by Crippen LogP contribution is -2.61. The first-order chi connectivity index (χ1) is 18.0. The molecule has 11 heteroatoms. The van der Waals surface area contributed by atoms with Gasteiger partial charge in [0, 0.05) is 35.2 Å². The van der Waals surface area contributed by atoms with Gasteiger partial charge in [-0.3, -0.25) is 9.59 Å². The summed E-state index contributed by atoms with van der Waals surface area (Å²) < 4.78 is 75.1. The molecule has 2 fully saturated rings. The molecule has 5 rings (SSSR count). The third-order valence-electron chi connectivity index (χ3n) is 9.79. The molecule has 0 amide bonds. The van der Waals surface area contributed by atoms with E-state index in [0.29, 0.717) is 5.57 Å². The number of rotatable bonds is 4. The van der Waals surface area contributed by atoms with Gasteiger partial charge in [0.2, 0.25) is 5.82 Å². The lowest BCUT2D eigenvalue weighted by atomic mass is 9.60. The van der Waals surface area contributed by atoms with E-state index in [1.165, 1.54) is 13.0 Å². The van der Waals surface area contributed by atoms with Gasteiger partial charge in [-0.05, 0) is 30.4 Å². The second-order valence-corrected chi connectivity index (χ2v) is 12.0. The first kappa shape index (κ1) is 27.9. The van der Waals surface area contributed by atoms with Crippen LogP contribution in [0.2, 0.25) is 0 Å². The van der Waals surface area contributed by atoms with Crippen molar-refractivity contribution >= 4 is 11.8 Å². The van der Waals surface area contributed by atoms with Gasteiger partial charge in [0.25, 0.3) is 0 Å². The van der Waals surface area contributed by atoms with Crippen molar-refractivity contribution in [1.29, 1.82) is 0 Å². The van der Waals surface area contributed by atoms with Gasteiger partial charge in [-0.25, -0.2) is 22.0 Å². The summed E-state index contributed by atoms with van der Waals surface area (Å²) in [6.45, 7) is 6.22. The molecule has 39 heavy (non-hydrogen) atoms. The molecule has 1 aromatic rings. The van der Waals surface area contributed by atoms with Gasteiger partial charge in [0.1, 0.15) is 11.2 Å². The molecule has 0 radical (unpaired) electrons. The van der Waals surface area contributed by atoms with Crippen LogP contribution >= 0.6 is 0 Å². The molecule has 4 aliphatic carbocycles. The minimum absolute atomic E-state index is 0.0382. The summed E-state index contributed by atoms with van der Waals surface area (Å²) in [6, 6.07) is 0. The van der Waals surface area contributed by atoms with Crippen molar-refractivity contribution in [2.75, 3.05) is 6.61 Å². The minimum Gasteiger partial charge on any atom is -0.458 e. The van der Waals surface area contributed by atoms with Gasteiger partial charge in [0.15, 0.2) is 29.1 Å². The number of carbonyl (C=O) groups excluding carboxylic acids is 2. The van der Waals surface area contributed by atoms with Crippen molar-refractivity contribution < 1.29 is 51.6 Å². The number of carbonyl (C=O) groups is 2. The van der Waals surface area contributed by atoms with E-state index in [0.717, 1.165) is 0 Å². The Morgan fingerprint density at radius 2 is 1.59 bits per heavy atom. The van der Waals surface area contributed by atoms with Crippen LogP contribution in [-0.2, 0) is 20.7 Å². The number of fused-ring (bicyclic) bond motifs is 5. The van der Waals surface area contributed by atoms with Crippen LogP contribution in [0, 0.1) is 58.2 Å². The highest BCUT2D eigenvalue weighted by Crippen LogP contribution is 2.76. The van der Waals surface area contributed by atoms with Crippen LogP contribution in [0.4, 0.5) is 22.0 Å². The van der Waals surface area contributed by atoms with Crippen molar-refractivity contribution in [2.24, 2.45) is 29.1 Å². The number of ether oxygens (including phenoxy) is 1. The fourth-order valence-electron chi connectivity index (χ4n) is 7.79. The average molecular weight is 557 g/mol. The monoisotopic (exact) mass is 556 g/mol. The fraction of sp³-hybridized carbons (Fsp3) is 0.571. The molecular weight excluding hydrogens is 527 g/mol. The quantitative estimate of drug-likeness (QED) is 0.173. The van der Waals surface area contributed by atoms with Gasteiger partial charge in [-0.1, -0.05) is 32.9 Å². The van der Waals surface area contributed by atoms with Crippen LogP contribution < -0.4 is 0 Å². The Bertz CT molecular complexity index is 1340. The highest BCUT2D eigenvalue weighted by Gasteiger charge is 2.83. The van der Waals surface area contributed by atoms with E-state index in [9.17, 15) is 46.9 Å². The van der Waals surface area contributed by atoms with Crippen LogP contribution in [0.3, 0.4) is 0 Å². The van der Waals surface area contributed by atoms with Crippen LogP contribution in [0.5, 0.6) is 0 Å². The van der Waals surface area contributed by atoms with E-state index in [-0.39, 0.29) is 18.4 Å². The highest BCUT2D eigenvalue weighted by atomic mass is 19.2. The zero-order valence-electron chi connectivity index (χ0n) is 21.7. The smallest absolute Gasteiger partial charge is 0.311 e. The number of hydrogen-bond acceptors (Lipinski definition) is 6. The third-order valence-corrected chi connectivity index (χ3v) is 9.79. The highest BCUT2D eigenvalue weighted by molar-refractivity contribution is 6.04. The Balaban J connectivity index is 1.52. The van der Waals surface area contributed by atoms with Crippen molar-refractivity contribution in [2.45, 2.75) is 63.8 Å². The third kappa shape index (κ3) is 3.42. The van der Waals surface area contributed by atoms with E-state index in [4.69, 9.17) is 4.74 Å². The Morgan fingerprint density at radius 3 is 2.15 bits per heavy atom. The zero-order chi connectivity index (χ0) is 29.0. The molecule has 0 aliphatic heterocycles. The maximum absolute atomic E-state index is 14.2. The number of aliphatic hydroxyl groups excluding tert-OH is 1. The second kappa shape index (κ2) is 8.44. The molecular formula is C28H29F5O6. The zero-order valence-corrected chi connectivity index (χ0v) is 21.7. The summed E-state index contributed by atoms with van der Waals surface area (Å²) in [6.07, 6.45) is 1.77. The van der Waals surface area contributed by atoms with E-state index in [1.807, 2.05) is 0 Å². The van der Waals surface area contributed by atoms with E-state index in [1.54, 1.807) is 26.8 Å². The number of halogens is 5. The summed E-state index contributed by atoms with van der Waals surface area (Å²) >= 11 is 0. The topological polar surface area (TPSA) is 104 Å². The minimum atomic E-state index is -2.33. The lowest BCUT2D eigenvalue weighted by molar-refractivity contribution is -0.186. The molecule has 0 heterocycles. The molecule has 0 saturated heterocycles. The molecule has 212 valence electrons. The van der Waals surface area contributed by atoms with Gasteiger partial charge in [-0.2, -0.15) is 0 Å². The predicted octanol–water partition coefficient (Wildman–Crippen LogP) is 3.45. The largest absolute Gasteiger partial charge is 0.458 e. The van der Waals surface area contributed by atoms with Crippen molar-refractivity contribution in [1.82, 2.24) is 0 Å². The molecule has 2 saturated carbocycles. The van der Waals surface area contributed by atoms with E-state index < -0.39 is 105 Å². The SMILES string of the molecule is CC1=C[C@H]2[C@@]3(O)[C@H](C)C[C@]4(OC(=O)Cc5c(F)c(F)c(F)c(F)c5F)[C@H]([C@@H]3C=C(CO)C[C@]2(O)C1=O)C4(C)C. The summed E-state index contributed by atoms with van der Waals surface area (Å²) in [7, 11) is 0. The number of hydrogen-bond donors (Lipinski definition) is 3. The van der Waals surface area contributed by atoms with Crippen molar-refractivity contribution in [3.05, 3.63) is 57.9 Å². The van der Waals surface area contributed by atoms with E-state index >= 15 is 0 Å². The predicted molar refractivity (Wildman–Crippen MR) is 125 cm³/mol. The Labute approximate surface area is 221 Å². The summed E-state index contributed by atoms with van der Waals surface area (Å²) in [5.74, 6) is -15.8. The molecule has 0 spiro atoms. The number of benzene rings is 1. The Kier molecular flexibility index (Phi) is 6.04. The number of Topliss-reactive ketones (excluding diaryl/α,β-unsaturated/α-hetero) is 1. The maximum atomic E-state index is 14.2. The fourth-order valence-corrected chi connectivity index (χ4v) is 7.79. The molecule has 6 nitrogen and oxygen atoms in total. The Hall–Kier alpha value is -2.63. The van der Waals surface area contributed by atoms with Crippen molar-refractivity contribution in [3.8, 4) is 0 Å². The van der Waals surface area contributed by atoms with Crippen LogP contribution in [0.1, 0.15) is 46.1 Å². The first-order valence-corrected chi connectivity index (χ1v) is 12.7. The first-order valence-electron chi connectivity index (χ1n) is 12.7. The van der Waals surface area contributed by atoms with Crippen molar-refractivity contribution in [3.63, 3.8) is 0 Å². The number of aliphatic hydroxyl groups is 3. The molecule has 1 aromatic carbocycles. The van der Waals surface area contributed by atoms with E-state index in [2.05, 4.69) is 0 Å². The molecule has 0 unspecified atom stereocenters. The van der Waals surface area contributed by atoms with Gasteiger partial charge < -0.3 is 20.1 Å².